The van der Waals surface area contributed by atoms with Gasteiger partial charge in [-0.05, 0) is 45.4 Å². The number of aromatic nitrogens is 1. The van der Waals surface area contributed by atoms with Crippen LogP contribution >= 0.6 is 11.3 Å². The highest BCUT2D eigenvalue weighted by atomic mass is 32.1. The van der Waals surface area contributed by atoms with Crippen molar-refractivity contribution >= 4 is 17.2 Å². The maximum absolute atomic E-state index is 12.3. The Labute approximate surface area is 140 Å². The third-order valence-corrected chi connectivity index (χ3v) is 4.29. The van der Waals surface area contributed by atoms with Crippen LogP contribution in [0.2, 0.25) is 0 Å². The standard InChI is InChI=1S/C17H22N2O3S/c1-5-21-14-8-7-13(9-15(14)22-6-2)11(3)19-17(20)16-12(4)18-10-23-16/h7-11H,5-6H2,1-4H3,(H,19,20). The van der Waals surface area contributed by atoms with E-state index in [9.17, 15) is 4.79 Å². The number of hydrogen-bond acceptors (Lipinski definition) is 5. The van der Waals surface area contributed by atoms with Crippen molar-refractivity contribution in [3.8, 4) is 11.5 Å². The first-order chi connectivity index (χ1) is 11.1. The van der Waals surface area contributed by atoms with E-state index in [1.807, 2.05) is 45.9 Å². The monoisotopic (exact) mass is 334 g/mol. The molecule has 1 aromatic carbocycles. The lowest BCUT2D eigenvalue weighted by Gasteiger charge is -2.17. The highest BCUT2D eigenvalue weighted by Crippen LogP contribution is 2.31. The van der Waals surface area contributed by atoms with E-state index in [4.69, 9.17) is 9.47 Å². The van der Waals surface area contributed by atoms with Crippen LogP contribution in [0.1, 0.15) is 47.7 Å². The summed E-state index contributed by atoms with van der Waals surface area (Å²) in [5.74, 6) is 1.31. The summed E-state index contributed by atoms with van der Waals surface area (Å²) >= 11 is 1.35. The van der Waals surface area contributed by atoms with E-state index in [2.05, 4.69) is 10.3 Å². The molecule has 0 saturated heterocycles. The molecule has 0 aliphatic heterocycles. The normalized spacial score (nSPS) is 11.8. The number of carbonyl (C=O) groups is 1. The molecule has 124 valence electrons. The average Bonchev–Trinajstić information content (AvgIpc) is 2.95. The zero-order valence-electron chi connectivity index (χ0n) is 13.9. The molecular weight excluding hydrogens is 312 g/mol. The molecule has 1 heterocycles. The van der Waals surface area contributed by atoms with E-state index in [0.29, 0.717) is 23.8 Å². The van der Waals surface area contributed by atoms with Gasteiger partial charge in [0.15, 0.2) is 11.5 Å². The Balaban J connectivity index is 2.15. The lowest BCUT2D eigenvalue weighted by Crippen LogP contribution is -2.26. The lowest BCUT2D eigenvalue weighted by molar-refractivity contribution is 0.0943. The molecule has 6 heteroatoms. The van der Waals surface area contributed by atoms with E-state index in [0.717, 1.165) is 17.0 Å². The topological polar surface area (TPSA) is 60.5 Å². The van der Waals surface area contributed by atoms with Crippen molar-refractivity contribution < 1.29 is 14.3 Å². The summed E-state index contributed by atoms with van der Waals surface area (Å²) in [5, 5.41) is 3.00. The number of rotatable bonds is 7. The summed E-state index contributed by atoms with van der Waals surface area (Å²) in [4.78, 5) is 17.0. The van der Waals surface area contributed by atoms with Gasteiger partial charge in [-0.1, -0.05) is 6.07 Å². The molecule has 1 N–H and O–H groups in total. The lowest BCUT2D eigenvalue weighted by atomic mass is 10.1. The van der Waals surface area contributed by atoms with Crippen molar-refractivity contribution in [1.29, 1.82) is 0 Å². The first-order valence-corrected chi connectivity index (χ1v) is 8.55. The largest absolute Gasteiger partial charge is 0.490 e. The number of amides is 1. The van der Waals surface area contributed by atoms with Crippen LogP contribution in [0.15, 0.2) is 23.7 Å². The minimum absolute atomic E-state index is 0.107. The fraction of sp³-hybridized carbons (Fsp3) is 0.412. The Hall–Kier alpha value is -2.08. The van der Waals surface area contributed by atoms with Gasteiger partial charge in [-0.3, -0.25) is 4.79 Å². The van der Waals surface area contributed by atoms with Gasteiger partial charge in [0.2, 0.25) is 0 Å². The van der Waals surface area contributed by atoms with Crippen LogP contribution in [0.4, 0.5) is 0 Å². The molecule has 1 aromatic heterocycles. The number of thiazole rings is 1. The van der Waals surface area contributed by atoms with E-state index in [-0.39, 0.29) is 11.9 Å². The van der Waals surface area contributed by atoms with Gasteiger partial charge in [-0.2, -0.15) is 0 Å². The van der Waals surface area contributed by atoms with Gasteiger partial charge in [0, 0.05) is 0 Å². The van der Waals surface area contributed by atoms with Crippen molar-refractivity contribution in [3.05, 3.63) is 39.8 Å². The van der Waals surface area contributed by atoms with Crippen molar-refractivity contribution in [3.63, 3.8) is 0 Å². The minimum atomic E-state index is -0.140. The molecule has 0 aliphatic rings. The highest BCUT2D eigenvalue weighted by Gasteiger charge is 2.17. The van der Waals surface area contributed by atoms with Crippen molar-refractivity contribution in [2.75, 3.05) is 13.2 Å². The third kappa shape index (κ3) is 4.22. The molecule has 1 atom stereocenters. The van der Waals surface area contributed by atoms with Crippen LogP contribution < -0.4 is 14.8 Å². The van der Waals surface area contributed by atoms with E-state index < -0.39 is 0 Å². The van der Waals surface area contributed by atoms with Gasteiger partial charge in [0.05, 0.1) is 30.5 Å². The molecule has 0 radical (unpaired) electrons. The van der Waals surface area contributed by atoms with Crippen LogP contribution in [0, 0.1) is 6.92 Å². The van der Waals surface area contributed by atoms with E-state index in [1.54, 1.807) is 5.51 Å². The van der Waals surface area contributed by atoms with Crippen LogP contribution in [0.3, 0.4) is 0 Å². The maximum atomic E-state index is 12.3. The number of hydrogen-bond donors (Lipinski definition) is 1. The molecule has 0 spiro atoms. The van der Waals surface area contributed by atoms with Crippen LogP contribution in [-0.4, -0.2) is 24.1 Å². The summed E-state index contributed by atoms with van der Waals surface area (Å²) < 4.78 is 11.2. The number of nitrogens with zero attached hydrogens (tertiary/aromatic N) is 1. The minimum Gasteiger partial charge on any atom is -0.490 e. The predicted molar refractivity (Wildman–Crippen MR) is 91.5 cm³/mol. The number of benzene rings is 1. The molecular formula is C17H22N2O3S. The zero-order chi connectivity index (χ0) is 16.8. The molecule has 0 aliphatic carbocycles. The fourth-order valence-corrected chi connectivity index (χ4v) is 2.91. The smallest absolute Gasteiger partial charge is 0.263 e. The number of carbonyl (C=O) groups excluding carboxylic acids is 1. The second-order valence-corrected chi connectivity index (χ2v) is 5.89. The van der Waals surface area contributed by atoms with Gasteiger partial charge >= 0.3 is 0 Å². The van der Waals surface area contributed by atoms with Gasteiger partial charge in [0.25, 0.3) is 5.91 Å². The summed E-state index contributed by atoms with van der Waals surface area (Å²) in [6, 6.07) is 5.60. The van der Waals surface area contributed by atoms with E-state index >= 15 is 0 Å². The highest BCUT2D eigenvalue weighted by molar-refractivity contribution is 7.11. The predicted octanol–water partition coefficient (Wildman–Crippen LogP) is 3.74. The fourth-order valence-electron chi connectivity index (χ4n) is 2.20. The van der Waals surface area contributed by atoms with Crippen molar-refractivity contribution in [2.24, 2.45) is 0 Å². The molecule has 1 amide bonds. The Morgan fingerprint density at radius 1 is 1.26 bits per heavy atom. The maximum Gasteiger partial charge on any atom is 0.263 e. The first kappa shape index (κ1) is 17.3. The molecule has 2 rings (SSSR count). The Morgan fingerprint density at radius 3 is 2.57 bits per heavy atom. The number of nitrogens with one attached hydrogen (secondary N) is 1. The third-order valence-electron chi connectivity index (χ3n) is 3.37. The molecule has 1 unspecified atom stereocenters. The van der Waals surface area contributed by atoms with Crippen molar-refractivity contribution in [1.82, 2.24) is 10.3 Å². The average molecular weight is 334 g/mol. The van der Waals surface area contributed by atoms with Gasteiger partial charge < -0.3 is 14.8 Å². The quantitative estimate of drug-likeness (QED) is 0.838. The van der Waals surface area contributed by atoms with Crippen LogP contribution in [0.5, 0.6) is 11.5 Å². The van der Waals surface area contributed by atoms with Crippen LogP contribution in [-0.2, 0) is 0 Å². The zero-order valence-corrected chi connectivity index (χ0v) is 14.7. The second kappa shape index (κ2) is 7.97. The summed E-state index contributed by atoms with van der Waals surface area (Å²) in [6.07, 6.45) is 0. The molecule has 0 fully saturated rings. The Morgan fingerprint density at radius 2 is 1.96 bits per heavy atom. The molecule has 0 saturated carbocycles. The number of ether oxygens (including phenoxy) is 2. The SMILES string of the molecule is CCOc1ccc(C(C)NC(=O)c2scnc2C)cc1OCC. The number of aryl methyl sites for hydroxylation is 1. The summed E-state index contributed by atoms with van der Waals surface area (Å²) in [7, 11) is 0. The Kier molecular flexibility index (Phi) is 5.98. The van der Waals surface area contributed by atoms with Crippen LogP contribution in [0.25, 0.3) is 0 Å². The van der Waals surface area contributed by atoms with Gasteiger partial charge in [0.1, 0.15) is 4.88 Å². The molecule has 23 heavy (non-hydrogen) atoms. The first-order valence-electron chi connectivity index (χ1n) is 7.67. The molecule has 0 bridgehead atoms. The van der Waals surface area contributed by atoms with Gasteiger partial charge in [-0.25, -0.2) is 4.98 Å². The van der Waals surface area contributed by atoms with E-state index in [1.165, 1.54) is 11.3 Å². The molecule has 5 nitrogen and oxygen atoms in total. The molecule has 2 aromatic rings. The summed E-state index contributed by atoms with van der Waals surface area (Å²) in [5.41, 5.74) is 3.40. The van der Waals surface area contributed by atoms with Crippen molar-refractivity contribution in [2.45, 2.75) is 33.7 Å². The summed E-state index contributed by atoms with van der Waals surface area (Å²) in [6.45, 7) is 8.78. The Bertz CT molecular complexity index is 670. The van der Waals surface area contributed by atoms with Gasteiger partial charge in [-0.15, -0.1) is 11.3 Å². The second-order valence-electron chi connectivity index (χ2n) is 5.03.